The summed E-state index contributed by atoms with van der Waals surface area (Å²) < 4.78 is 5.14. The van der Waals surface area contributed by atoms with Gasteiger partial charge in [0.2, 0.25) is 5.91 Å². The Kier molecular flexibility index (Phi) is 5.64. The molecule has 0 saturated carbocycles. The van der Waals surface area contributed by atoms with E-state index in [4.69, 9.17) is 4.74 Å². The third-order valence-corrected chi connectivity index (χ3v) is 6.05. The van der Waals surface area contributed by atoms with Crippen LogP contribution in [0.3, 0.4) is 0 Å². The molecule has 8 nitrogen and oxygen atoms in total. The molecule has 0 fully saturated rings. The smallest absolute Gasteiger partial charge is 0.354 e. The van der Waals surface area contributed by atoms with Gasteiger partial charge in [-0.1, -0.05) is 24.3 Å². The molecule has 0 spiro atoms. The van der Waals surface area contributed by atoms with Gasteiger partial charge in [0.25, 0.3) is 0 Å². The molecule has 1 amide bonds. The summed E-state index contributed by atoms with van der Waals surface area (Å²) in [6, 6.07) is 12.9. The van der Waals surface area contributed by atoms with Crippen LogP contribution in [-0.2, 0) is 14.3 Å². The monoisotopic (exact) mass is 443 g/mol. The van der Waals surface area contributed by atoms with Crippen molar-refractivity contribution in [1.82, 2.24) is 14.9 Å². The number of esters is 1. The quantitative estimate of drug-likeness (QED) is 0.611. The molecular formula is C25H25N5O3. The van der Waals surface area contributed by atoms with Gasteiger partial charge in [0.05, 0.1) is 12.3 Å². The minimum absolute atomic E-state index is 0.0437. The molecule has 0 radical (unpaired) electrons. The summed E-state index contributed by atoms with van der Waals surface area (Å²) in [5, 5.41) is 7.20. The second kappa shape index (κ2) is 8.90. The molecule has 2 aliphatic heterocycles. The fourth-order valence-corrected chi connectivity index (χ4v) is 4.41. The molecule has 0 saturated heterocycles. The van der Waals surface area contributed by atoms with Gasteiger partial charge in [-0.15, -0.1) is 0 Å². The van der Waals surface area contributed by atoms with E-state index in [1.165, 1.54) is 5.57 Å². The lowest BCUT2D eigenvalue weighted by Crippen LogP contribution is -2.46. The first-order valence-electron chi connectivity index (χ1n) is 11.1. The number of rotatable bonds is 5. The van der Waals surface area contributed by atoms with Crippen molar-refractivity contribution >= 4 is 39.9 Å². The number of nitrogens with zero attached hydrogens (tertiary/aromatic N) is 4. The van der Waals surface area contributed by atoms with Crippen LogP contribution in [0.25, 0.3) is 16.6 Å². The Balaban J connectivity index is 1.35. The Bertz CT molecular complexity index is 1250. The molecule has 1 unspecified atom stereocenters. The average molecular weight is 444 g/mol. The van der Waals surface area contributed by atoms with Crippen molar-refractivity contribution in [1.29, 1.82) is 0 Å². The number of aromatic amines is 1. The lowest BCUT2D eigenvalue weighted by molar-refractivity contribution is -0.135. The fourth-order valence-electron chi connectivity index (χ4n) is 4.41. The van der Waals surface area contributed by atoms with E-state index in [0.29, 0.717) is 13.1 Å². The van der Waals surface area contributed by atoms with Crippen LogP contribution in [-0.4, -0.2) is 58.2 Å². The summed E-state index contributed by atoms with van der Waals surface area (Å²) in [4.78, 5) is 35.3. The number of pyridine rings is 1. The predicted octanol–water partition coefficient (Wildman–Crippen LogP) is 3.38. The summed E-state index contributed by atoms with van der Waals surface area (Å²) in [7, 11) is 0. The number of hydrogen-bond acceptors (Lipinski definition) is 6. The van der Waals surface area contributed by atoms with Crippen molar-refractivity contribution in [2.24, 2.45) is 5.10 Å². The predicted molar refractivity (Wildman–Crippen MR) is 127 cm³/mol. The molecule has 1 aromatic carbocycles. The number of aromatic nitrogens is 2. The van der Waals surface area contributed by atoms with Crippen LogP contribution in [0.2, 0.25) is 0 Å². The zero-order valence-corrected chi connectivity index (χ0v) is 18.4. The van der Waals surface area contributed by atoms with Gasteiger partial charge in [-0.3, -0.25) is 9.80 Å². The lowest BCUT2D eigenvalue weighted by Gasteiger charge is -2.31. The van der Waals surface area contributed by atoms with E-state index in [1.54, 1.807) is 18.1 Å². The highest BCUT2D eigenvalue weighted by molar-refractivity contribution is 6.38. The number of para-hydroxylation sites is 1. The molecule has 5 rings (SSSR count). The zero-order valence-electron chi connectivity index (χ0n) is 18.4. The van der Waals surface area contributed by atoms with Gasteiger partial charge in [0, 0.05) is 42.9 Å². The maximum Gasteiger partial charge on any atom is 0.354 e. The summed E-state index contributed by atoms with van der Waals surface area (Å²) >= 11 is 0. The van der Waals surface area contributed by atoms with Crippen LogP contribution in [0.15, 0.2) is 66.0 Å². The van der Waals surface area contributed by atoms with Gasteiger partial charge in [-0.25, -0.2) is 9.78 Å². The van der Waals surface area contributed by atoms with E-state index < -0.39 is 12.0 Å². The molecule has 1 atom stereocenters. The number of benzene rings is 1. The largest absolute Gasteiger partial charge is 0.461 e. The van der Waals surface area contributed by atoms with Crippen molar-refractivity contribution in [2.75, 3.05) is 24.7 Å². The van der Waals surface area contributed by atoms with Gasteiger partial charge in [-0.05, 0) is 43.2 Å². The number of carbonyl (C=O) groups excluding carboxylic acids is 2. The van der Waals surface area contributed by atoms with Gasteiger partial charge in [0.15, 0.2) is 0 Å². The highest BCUT2D eigenvalue weighted by Crippen LogP contribution is 2.30. The van der Waals surface area contributed by atoms with Crippen LogP contribution in [0, 0.1) is 0 Å². The maximum absolute atomic E-state index is 13.5. The summed E-state index contributed by atoms with van der Waals surface area (Å²) in [6.45, 7) is 3.14. The highest BCUT2D eigenvalue weighted by atomic mass is 16.5. The first-order valence-corrected chi connectivity index (χ1v) is 11.1. The van der Waals surface area contributed by atoms with Gasteiger partial charge in [-0.2, -0.15) is 5.10 Å². The number of fused-ring (bicyclic) bond motifs is 1. The Labute approximate surface area is 191 Å². The number of H-pyrrole nitrogens is 1. The number of hydrazone groups is 1. The summed E-state index contributed by atoms with van der Waals surface area (Å²) in [6.07, 6.45) is 6.83. The molecule has 3 aromatic rings. The van der Waals surface area contributed by atoms with Gasteiger partial charge < -0.3 is 14.6 Å². The molecule has 2 aliphatic rings. The van der Waals surface area contributed by atoms with E-state index in [0.717, 1.165) is 28.7 Å². The molecule has 0 aliphatic carbocycles. The van der Waals surface area contributed by atoms with Crippen molar-refractivity contribution in [3.63, 3.8) is 0 Å². The fraction of sp³-hybridized carbons (Fsp3) is 0.280. The third kappa shape index (κ3) is 4.00. The topological polar surface area (TPSA) is 90.9 Å². The van der Waals surface area contributed by atoms with Gasteiger partial charge >= 0.3 is 5.97 Å². The number of carbonyl (C=O) groups is 2. The SMILES string of the molecule is CCOC(=O)C1=NN(c2ccccc2)C(C(=O)N2CC=C(c3c[nH]c4ncccc34)CC2)C1. The second-order valence-electron chi connectivity index (χ2n) is 8.03. The number of amides is 1. The highest BCUT2D eigenvalue weighted by Gasteiger charge is 2.39. The minimum atomic E-state index is -0.570. The molecule has 33 heavy (non-hydrogen) atoms. The van der Waals surface area contributed by atoms with Crippen LogP contribution in [0.1, 0.15) is 25.3 Å². The Morgan fingerprint density at radius 1 is 1.18 bits per heavy atom. The van der Waals surface area contributed by atoms with E-state index in [9.17, 15) is 9.59 Å². The molecule has 8 heteroatoms. The lowest BCUT2D eigenvalue weighted by atomic mass is 9.99. The van der Waals surface area contributed by atoms with Crippen LogP contribution >= 0.6 is 0 Å². The van der Waals surface area contributed by atoms with Crippen molar-refractivity contribution in [2.45, 2.75) is 25.8 Å². The van der Waals surface area contributed by atoms with E-state index >= 15 is 0 Å². The Hall–Kier alpha value is -3.94. The van der Waals surface area contributed by atoms with Crippen molar-refractivity contribution in [3.05, 3.63) is 66.5 Å². The van der Waals surface area contributed by atoms with Crippen LogP contribution in [0.5, 0.6) is 0 Å². The van der Waals surface area contributed by atoms with E-state index in [-0.39, 0.29) is 24.6 Å². The number of hydrogen-bond donors (Lipinski definition) is 1. The standard InChI is InChI=1S/C25H25N5O3/c1-2-33-25(32)21-15-22(30(28-21)18-7-4-3-5-8-18)24(31)29-13-10-17(11-14-29)20-16-27-23-19(20)9-6-12-26-23/h3-10,12,16,22H,2,11,13-15H2,1H3,(H,26,27). The summed E-state index contributed by atoms with van der Waals surface area (Å²) in [5.74, 6) is -0.514. The van der Waals surface area contributed by atoms with Gasteiger partial charge in [0.1, 0.15) is 17.4 Å². The maximum atomic E-state index is 13.5. The first kappa shape index (κ1) is 20.9. The van der Waals surface area contributed by atoms with Crippen LogP contribution < -0.4 is 5.01 Å². The molecule has 1 N–H and O–H groups in total. The molecule has 2 aromatic heterocycles. The molecule has 0 bridgehead atoms. The second-order valence-corrected chi connectivity index (χ2v) is 8.03. The number of nitrogens with one attached hydrogen (secondary N) is 1. The number of anilines is 1. The zero-order chi connectivity index (χ0) is 22.8. The van der Waals surface area contributed by atoms with E-state index in [1.807, 2.05) is 47.5 Å². The van der Waals surface area contributed by atoms with Crippen molar-refractivity contribution < 1.29 is 14.3 Å². The minimum Gasteiger partial charge on any atom is -0.461 e. The molecule has 4 heterocycles. The summed E-state index contributed by atoms with van der Waals surface area (Å²) in [5.41, 5.74) is 4.24. The third-order valence-electron chi connectivity index (χ3n) is 6.05. The Morgan fingerprint density at radius 2 is 2.03 bits per heavy atom. The molecule has 168 valence electrons. The average Bonchev–Trinajstić information content (AvgIpc) is 3.50. The van der Waals surface area contributed by atoms with Crippen LogP contribution in [0.4, 0.5) is 5.69 Å². The molecular weight excluding hydrogens is 418 g/mol. The first-order chi connectivity index (χ1) is 16.2. The van der Waals surface area contributed by atoms with E-state index in [2.05, 4.69) is 27.2 Å². The Morgan fingerprint density at radius 3 is 2.79 bits per heavy atom. The normalized spacial score (nSPS) is 18.3. The number of ether oxygens (including phenoxy) is 1. The van der Waals surface area contributed by atoms with Crippen molar-refractivity contribution in [3.8, 4) is 0 Å².